The number of methoxy groups -OCH3 is 1. The fraction of sp³-hybridized carbons (Fsp3) is 0.562. The minimum Gasteiger partial charge on any atom is -0.382 e. The first kappa shape index (κ1) is 15.0. The molecular weight excluding hydrogens is 252 g/mol. The van der Waals surface area contributed by atoms with Gasteiger partial charge in [0.25, 0.3) is 0 Å². The minimum atomic E-state index is 0.122. The predicted octanol–water partition coefficient (Wildman–Crippen LogP) is 2.33. The molecule has 1 aromatic rings. The van der Waals surface area contributed by atoms with Gasteiger partial charge in [0, 0.05) is 38.3 Å². The standard InChI is InChI=1S/C16H24N2O2/c1-12-11-18(16(19)9-8-13(2)20-3)15-7-5-4-6-14(15)10-17-12/h4-7,12-13,17H,8-11H2,1-3H3. The van der Waals surface area contributed by atoms with Crippen LogP contribution >= 0.6 is 0 Å². The molecule has 110 valence electrons. The first-order chi connectivity index (χ1) is 9.61. The van der Waals surface area contributed by atoms with Gasteiger partial charge < -0.3 is 15.0 Å². The maximum Gasteiger partial charge on any atom is 0.227 e. The lowest BCUT2D eigenvalue weighted by Crippen LogP contribution is -2.39. The fourth-order valence-corrected chi connectivity index (χ4v) is 2.46. The minimum absolute atomic E-state index is 0.122. The number of anilines is 1. The SMILES string of the molecule is COC(C)CCC(=O)N1CC(C)NCc2ccccc21. The first-order valence-electron chi connectivity index (χ1n) is 7.26. The predicted molar refractivity (Wildman–Crippen MR) is 80.8 cm³/mol. The molecule has 1 aliphatic heterocycles. The highest BCUT2D eigenvalue weighted by Gasteiger charge is 2.23. The lowest BCUT2D eigenvalue weighted by molar-refractivity contribution is -0.119. The summed E-state index contributed by atoms with van der Waals surface area (Å²) in [5, 5.41) is 3.44. The van der Waals surface area contributed by atoms with E-state index in [0.29, 0.717) is 12.5 Å². The van der Waals surface area contributed by atoms with Crippen LogP contribution in [0.25, 0.3) is 0 Å². The Kier molecular flexibility index (Phi) is 5.15. The Morgan fingerprint density at radius 3 is 3.00 bits per heavy atom. The van der Waals surface area contributed by atoms with Crippen LogP contribution in [0.3, 0.4) is 0 Å². The number of benzene rings is 1. The number of ether oxygens (including phenoxy) is 1. The van der Waals surface area contributed by atoms with E-state index >= 15 is 0 Å². The van der Waals surface area contributed by atoms with Crippen LogP contribution in [-0.4, -0.2) is 31.7 Å². The van der Waals surface area contributed by atoms with Gasteiger partial charge in [-0.15, -0.1) is 0 Å². The molecule has 2 rings (SSSR count). The van der Waals surface area contributed by atoms with Crippen LogP contribution in [0.5, 0.6) is 0 Å². The molecule has 0 bridgehead atoms. The summed E-state index contributed by atoms with van der Waals surface area (Å²) in [6.45, 7) is 5.64. The lowest BCUT2D eigenvalue weighted by atomic mass is 10.1. The van der Waals surface area contributed by atoms with E-state index in [1.165, 1.54) is 5.56 Å². The van der Waals surface area contributed by atoms with Gasteiger partial charge in [-0.05, 0) is 31.9 Å². The summed E-state index contributed by atoms with van der Waals surface area (Å²) in [7, 11) is 1.68. The summed E-state index contributed by atoms with van der Waals surface area (Å²) in [5.41, 5.74) is 2.23. The number of para-hydroxylation sites is 1. The number of hydrogen-bond donors (Lipinski definition) is 1. The molecule has 2 atom stereocenters. The largest absolute Gasteiger partial charge is 0.382 e. The van der Waals surface area contributed by atoms with E-state index in [0.717, 1.165) is 25.2 Å². The van der Waals surface area contributed by atoms with Crippen molar-refractivity contribution in [2.45, 2.75) is 45.4 Å². The zero-order valence-corrected chi connectivity index (χ0v) is 12.6. The Bertz CT molecular complexity index is 462. The number of nitrogens with zero attached hydrogens (tertiary/aromatic N) is 1. The van der Waals surface area contributed by atoms with Crippen LogP contribution in [-0.2, 0) is 16.1 Å². The van der Waals surface area contributed by atoms with Crippen molar-refractivity contribution >= 4 is 11.6 Å². The van der Waals surface area contributed by atoms with Crippen molar-refractivity contribution in [3.63, 3.8) is 0 Å². The number of hydrogen-bond acceptors (Lipinski definition) is 3. The van der Waals surface area contributed by atoms with Gasteiger partial charge in [0.05, 0.1) is 6.10 Å². The number of amides is 1. The van der Waals surface area contributed by atoms with E-state index in [1.807, 2.05) is 30.0 Å². The Labute approximate surface area is 121 Å². The molecule has 1 aliphatic rings. The average Bonchev–Trinajstić information content (AvgIpc) is 2.64. The maximum absolute atomic E-state index is 12.5. The van der Waals surface area contributed by atoms with E-state index < -0.39 is 0 Å². The third-order valence-electron chi connectivity index (χ3n) is 3.85. The van der Waals surface area contributed by atoms with Gasteiger partial charge in [0.2, 0.25) is 5.91 Å². The summed E-state index contributed by atoms with van der Waals surface area (Å²) < 4.78 is 5.22. The molecule has 1 amide bonds. The zero-order chi connectivity index (χ0) is 14.5. The van der Waals surface area contributed by atoms with E-state index in [2.05, 4.69) is 18.3 Å². The number of carbonyl (C=O) groups excluding carboxylic acids is 1. The van der Waals surface area contributed by atoms with Gasteiger partial charge in [-0.1, -0.05) is 18.2 Å². The molecule has 4 nitrogen and oxygen atoms in total. The zero-order valence-electron chi connectivity index (χ0n) is 12.6. The van der Waals surface area contributed by atoms with Crippen molar-refractivity contribution in [1.29, 1.82) is 0 Å². The topological polar surface area (TPSA) is 41.6 Å². The lowest BCUT2D eigenvalue weighted by Gasteiger charge is -2.25. The van der Waals surface area contributed by atoms with Gasteiger partial charge in [-0.3, -0.25) is 4.79 Å². The molecule has 0 spiro atoms. The van der Waals surface area contributed by atoms with E-state index in [-0.39, 0.29) is 12.0 Å². The second-order valence-corrected chi connectivity index (χ2v) is 5.50. The average molecular weight is 276 g/mol. The molecule has 20 heavy (non-hydrogen) atoms. The highest BCUT2D eigenvalue weighted by atomic mass is 16.5. The van der Waals surface area contributed by atoms with Crippen LogP contribution < -0.4 is 10.2 Å². The maximum atomic E-state index is 12.5. The molecule has 1 aromatic carbocycles. The third-order valence-corrected chi connectivity index (χ3v) is 3.85. The second kappa shape index (κ2) is 6.86. The van der Waals surface area contributed by atoms with E-state index in [9.17, 15) is 4.79 Å². The summed E-state index contributed by atoms with van der Waals surface area (Å²) in [4.78, 5) is 14.4. The van der Waals surface area contributed by atoms with Crippen LogP contribution in [0, 0.1) is 0 Å². The van der Waals surface area contributed by atoms with Gasteiger partial charge in [0.15, 0.2) is 0 Å². The van der Waals surface area contributed by atoms with Crippen molar-refractivity contribution in [2.75, 3.05) is 18.6 Å². The van der Waals surface area contributed by atoms with Crippen LogP contribution in [0.15, 0.2) is 24.3 Å². The van der Waals surface area contributed by atoms with Crippen molar-refractivity contribution in [2.24, 2.45) is 0 Å². The van der Waals surface area contributed by atoms with Crippen LogP contribution in [0.1, 0.15) is 32.3 Å². The van der Waals surface area contributed by atoms with Crippen LogP contribution in [0.4, 0.5) is 5.69 Å². The van der Waals surface area contributed by atoms with Crippen LogP contribution in [0.2, 0.25) is 0 Å². The molecular formula is C16H24N2O2. The first-order valence-corrected chi connectivity index (χ1v) is 7.26. The third kappa shape index (κ3) is 3.58. The molecule has 0 aromatic heterocycles. The van der Waals surface area contributed by atoms with Gasteiger partial charge >= 0.3 is 0 Å². The molecule has 1 heterocycles. The Balaban J connectivity index is 2.14. The molecule has 0 radical (unpaired) electrons. The molecule has 0 saturated heterocycles. The highest BCUT2D eigenvalue weighted by Crippen LogP contribution is 2.24. The Morgan fingerprint density at radius 2 is 2.25 bits per heavy atom. The van der Waals surface area contributed by atoms with Crippen molar-refractivity contribution in [1.82, 2.24) is 5.32 Å². The number of fused-ring (bicyclic) bond motifs is 1. The summed E-state index contributed by atoms with van der Waals surface area (Å²) in [6.07, 6.45) is 1.41. The number of carbonyl (C=O) groups is 1. The van der Waals surface area contributed by atoms with E-state index in [4.69, 9.17) is 4.74 Å². The second-order valence-electron chi connectivity index (χ2n) is 5.50. The monoisotopic (exact) mass is 276 g/mol. The van der Waals surface area contributed by atoms with Gasteiger partial charge in [-0.25, -0.2) is 0 Å². The molecule has 0 fully saturated rings. The quantitative estimate of drug-likeness (QED) is 0.917. The van der Waals surface area contributed by atoms with Gasteiger partial charge in [0.1, 0.15) is 0 Å². The van der Waals surface area contributed by atoms with Crippen molar-refractivity contribution < 1.29 is 9.53 Å². The highest BCUT2D eigenvalue weighted by molar-refractivity contribution is 5.94. The Morgan fingerprint density at radius 1 is 1.50 bits per heavy atom. The normalized spacial score (nSPS) is 20.1. The fourth-order valence-electron chi connectivity index (χ4n) is 2.46. The molecule has 0 saturated carbocycles. The van der Waals surface area contributed by atoms with E-state index in [1.54, 1.807) is 7.11 Å². The molecule has 4 heteroatoms. The number of rotatable bonds is 4. The molecule has 1 N–H and O–H groups in total. The molecule has 2 unspecified atom stereocenters. The Hall–Kier alpha value is -1.39. The summed E-state index contributed by atoms with van der Waals surface area (Å²) in [6, 6.07) is 8.43. The number of nitrogens with one attached hydrogen (secondary N) is 1. The van der Waals surface area contributed by atoms with Crippen molar-refractivity contribution in [3.8, 4) is 0 Å². The molecule has 0 aliphatic carbocycles. The summed E-state index contributed by atoms with van der Waals surface area (Å²) >= 11 is 0. The smallest absolute Gasteiger partial charge is 0.227 e. The van der Waals surface area contributed by atoms with Gasteiger partial charge in [-0.2, -0.15) is 0 Å². The summed E-state index contributed by atoms with van der Waals surface area (Å²) in [5.74, 6) is 0.178. The van der Waals surface area contributed by atoms with Crippen molar-refractivity contribution in [3.05, 3.63) is 29.8 Å².